The molecule has 2 heterocycles. The number of fused-ring (bicyclic) bond motifs is 1. The van der Waals surface area contributed by atoms with Crippen LogP contribution in [0.5, 0.6) is 0 Å². The molecule has 4 rings (SSSR count). The van der Waals surface area contributed by atoms with Crippen LogP contribution in [-0.2, 0) is 0 Å². The van der Waals surface area contributed by atoms with Crippen LogP contribution >= 0.6 is 28.3 Å². The highest BCUT2D eigenvalue weighted by Crippen LogP contribution is 2.27. The van der Waals surface area contributed by atoms with Gasteiger partial charge in [0, 0.05) is 47.3 Å². The number of anilines is 1. The Morgan fingerprint density at radius 2 is 1.75 bits per heavy atom. The average molecular weight is 455 g/mol. The van der Waals surface area contributed by atoms with E-state index in [2.05, 4.69) is 99.6 Å². The summed E-state index contributed by atoms with van der Waals surface area (Å²) in [4.78, 5) is 11.4. The van der Waals surface area contributed by atoms with Crippen molar-refractivity contribution in [1.29, 1.82) is 0 Å². The topological polar surface area (TPSA) is 28.5 Å². The van der Waals surface area contributed by atoms with Crippen molar-refractivity contribution < 1.29 is 0 Å². The van der Waals surface area contributed by atoms with Gasteiger partial charge >= 0.3 is 0 Å². The van der Waals surface area contributed by atoms with Crippen LogP contribution < -0.4 is 4.90 Å². The zero-order valence-electron chi connectivity index (χ0n) is 15.5. The second kappa shape index (κ2) is 9.18. The van der Waals surface area contributed by atoms with E-state index in [1.54, 1.807) is 0 Å². The minimum atomic E-state index is 0. The first kappa shape index (κ1) is 20.3. The van der Waals surface area contributed by atoms with E-state index in [4.69, 9.17) is 4.99 Å². The number of benzene rings is 2. The predicted octanol–water partition coefficient (Wildman–Crippen LogP) is 5.89. The molecule has 2 aromatic carbocycles. The maximum atomic E-state index is 4.81. The van der Waals surface area contributed by atoms with Crippen LogP contribution in [0.15, 0.2) is 82.5 Å². The number of hydrogen-bond donors (Lipinski definition) is 0. The van der Waals surface area contributed by atoms with Gasteiger partial charge < -0.3 is 4.90 Å². The molecule has 0 spiro atoms. The monoisotopic (exact) mass is 453 g/mol. The Labute approximate surface area is 180 Å². The molecule has 0 saturated carbocycles. The fourth-order valence-corrected chi connectivity index (χ4v) is 3.56. The summed E-state index contributed by atoms with van der Waals surface area (Å²) in [5.41, 5.74) is 6.82. The average Bonchev–Trinajstić information content (AvgIpc) is 2.86. The van der Waals surface area contributed by atoms with Crippen LogP contribution in [0.4, 0.5) is 5.69 Å². The number of para-hydroxylation sites is 1. The number of benzodiazepines with no additional fused rings is 1. The lowest BCUT2D eigenvalue weighted by atomic mass is 10.0. The molecule has 0 N–H and O–H groups in total. The molecule has 5 heteroatoms. The highest BCUT2D eigenvalue weighted by Gasteiger charge is 2.13. The second-order valence-electron chi connectivity index (χ2n) is 6.51. The Hall–Kier alpha value is -2.43. The summed E-state index contributed by atoms with van der Waals surface area (Å²) in [5.74, 6) is 0. The van der Waals surface area contributed by atoms with E-state index in [9.17, 15) is 0 Å². The minimum absolute atomic E-state index is 0. The third-order valence-corrected chi connectivity index (χ3v) is 5.27. The molecule has 0 amide bonds. The fraction of sp³-hybridized carbons (Fsp3) is 0.130. The summed E-state index contributed by atoms with van der Waals surface area (Å²) in [6.45, 7) is 1.71. The van der Waals surface area contributed by atoms with Gasteiger partial charge in [0.1, 0.15) is 0 Å². The number of likely N-dealkylation sites (N-methyl/N-ethyl adjacent to an activating group) is 1. The van der Waals surface area contributed by atoms with E-state index in [0.717, 1.165) is 34.4 Å². The summed E-state index contributed by atoms with van der Waals surface area (Å²) in [6, 6.07) is 18.8. The van der Waals surface area contributed by atoms with E-state index in [1.807, 2.05) is 12.4 Å². The van der Waals surface area contributed by atoms with Crippen LogP contribution in [0, 0.1) is 0 Å². The predicted molar refractivity (Wildman–Crippen MR) is 125 cm³/mol. The van der Waals surface area contributed by atoms with E-state index < -0.39 is 0 Å². The third kappa shape index (κ3) is 4.34. The van der Waals surface area contributed by atoms with Gasteiger partial charge in [-0.2, -0.15) is 0 Å². The van der Waals surface area contributed by atoms with Crippen molar-refractivity contribution in [3.63, 3.8) is 0 Å². The van der Waals surface area contributed by atoms with Crippen LogP contribution in [-0.4, -0.2) is 30.8 Å². The minimum Gasteiger partial charge on any atom is -0.372 e. The summed E-state index contributed by atoms with van der Waals surface area (Å²) in [6.07, 6.45) is 7.97. The molecule has 3 nitrogen and oxygen atoms in total. The third-order valence-electron chi connectivity index (χ3n) is 4.74. The number of halogens is 2. The quantitative estimate of drug-likeness (QED) is 0.494. The van der Waals surface area contributed by atoms with Crippen LogP contribution in [0.1, 0.15) is 11.1 Å². The number of hydrogen-bond acceptors (Lipinski definition) is 3. The highest BCUT2D eigenvalue weighted by molar-refractivity contribution is 9.10. The molecule has 0 fully saturated rings. The lowest BCUT2D eigenvalue weighted by molar-refractivity contribution is 0.897. The molecule has 1 aromatic heterocycles. The van der Waals surface area contributed by atoms with Crippen LogP contribution in [0.25, 0.3) is 17.2 Å². The molecular weight excluding hydrogens is 434 g/mol. The standard InChI is InChI=1S/C23H20BrN3.ClH/c1-27-15-14-26-22(21-4-2-3-5-23(21)27)11-8-18-16-25-13-12-20(18)17-6-9-19(24)10-7-17;/h2-13,16H,14-15H2,1H3;1H/b11-8+;. The Kier molecular flexibility index (Phi) is 6.65. The zero-order valence-corrected chi connectivity index (χ0v) is 18.0. The molecule has 142 valence electrons. The van der Waals surface area contributed by atoms with E-state index >= 15 is 0 Å². The van der Waals surface area contributed by atoms with Crippen molar-refractivity contribution in [2.75, 3.05) is 25.0 Å². The normalized spacial score (nSPS) is 13.5. The van der Waals surface area contributed by atoms with Crippen molar-refractivity contribution in [3.8, 4) is 11.1 Å². The molecule has 3 aromatic rings. The second-order valence-corrected chi connectivity index (χ2v) is 7.42. The molecule has 1 aliphatic rings. The lowest BCUT2D eigenvalue weighted by Crippen LogP contribution is -2.20. The number of allylic oxidation sites excluding steroid dienone is 1. The molecule has 0 saturated heterocycles. The summed E-state index contributed by atoms with van der Waals surface area (Å²) >= 11 is 3.50. The summed E-state index contributed by atoms with van der Waals surface area (Å²) < 4.78 is 1.07. The largest absolute Gasteiger partial charge is 0.372 e. The summed E-state index contributed by atoms with van der Waals surface area (Å²) in [5, 5.41) is 0. The maximum absolute atomic E-state index is 4.81. The first-order valence-corrected chi connectivity index (χ1v) is 9.75. The molecule has 1 aliphatic heterocycles. The molecule has 0 aliphatic carbocycles. The first-order chi connectivity index (χ1) is 13.2. The van der Waals surface area contributed by atoms with Crippen molar-refractivity contribution in [3.05, 3.63) is 88.7 Å². The zero-order chi connectivity index (χ0) is 18.6. The van der Waals surface area contributed by atoms with Gasteiger partial charge in [-0.3, -0.25) is 9.98 Å². The SMILES string of the molecule is CN1CCN=C(/C=C/c2cnccc2-c2ccc(Br)cc2)c2ccccc21.Cl. The Morgan fingerprint density at radius 3 is 2.57 bits per heavy atom. The molecular formula is C23H21BrClN3. The highest BCUT2D eigenvalue weighted by atomic mass is 79.9. The molecule has 0 unspecified atom stereocenters. The first-order valence-electron chi connectivity index (χ1n) is 8.95. The van der Waals surface area contributed by atoms with Gasteiger partial charge in [-0.15, -0.1) is 12.4 Å². The van der Waals surface area contributed by atoms with Crippen molar-refractivity contribution in [2.24, 2.45) is 4.99 Å². The maximum Gasteiger partial charge on any atom is 0.0668 e. The number of pyridine rings is 1. The van der Waals surface area contributed by atoms with Gasteiger partial charge in [0.15, 0.2) is 0 Å². The smallest absolute Gasteiger partial charge is 0.0668 e. The van der Waals surface area contributed by atoms with Crippen LogP contribution in [0.3, 0.4) is 0 Å². The lowest BCUT2D eigenvalue weighted by Gasteiger charge is -2.18. The van der Waals surface area contributed by atoms with E-state index in [1.165, 1.54) is 16.8 Å². The number of aliphatic imine (C=N–C) groups is 1. The van der Waals surface area contributed by atoms with Crippen LogP contribution in [0.2, 0.25) is 0 Å². The van der Waals surface area contributed by atoms with Gasteiger partial charge in [-0.25, -0.2) is 0 Å². The summed E-state index contributed by atoms with van der Waals surface area (Å²) in [7, 11) is 2.12. The Morgan fingerprint density at radius 1 is 0.964 bits per heavy atom. The van der Waals surface area contributed by atoms with E-state index in [0.29, 0.717) is 0 Å². The molecule has 0 bridgehead atoms. The number of nitrogens with zero attached hydrogens (tertiary/aromatic N) is 3. The number of rotatable bonds is 3. The van der Waals surface area contributed by atoms with Gasteiger partial charge in [0.25, 0.3) is 0 Å². The van der Waals surface area contributed by atoms with Gasteiger partial charge in [0.05, 0.1) is 12.3 Å². The Balaban J connectivity index is 0.00000225. The van der Waals surface area contributed by atoms with Gasteiger partial charge in [-0.05, 0) is 41.5 Å². The van der Waals surface area contributed by atoms with Crippen molar-refractivity contribution in [1.82, 2.24) is 4.98 Å². The molecule has 0 atom stereocenters. The van der Waals surface area contributed by atoms with Crippen molar-refractivity contribution in [2.45, 2.75) is 0 Å². The fourth-order valence-electron chi connectivity index (χ4n) is 3.29. The van der Waals surface area contributed by atoms with E-state index in [-0.39, 0.29) is 12.4 Å². The van der Waals surface area contributed by atoms with Crippen molar-refractivity contribution >= 4 is 45.8 Å². The molecule has 28 heavy (non-hydrogen) atoms. The van der Waals surface area contributed by atoms with Gasteiger partial charge in [0.2, 0.25) is 0 Å². The van der Waals surface area contributed by atoms with Gasteiger partial charge in [-0.1, -0.05) is 52.3 Å². The molecule has 0 radical (unpaired) electrons. The Bertz CT molecular complexity index is 1010. The number of aromatic nitrogens is 1.